The number of esters is 2. The molecule has 8 heteroatoms. The molecule has 7 aliphatic rings. The lowest BCUT2D eigenvalue weighted by Crippen LogP contribution is -2.55. The van der Waals surface area contributed by atoms with E-state index >= 15 is 0 Å². The van der Waals surface area contributed by atoms with Crippen LogP contribution in [0.1, 0.15) is 93.1 Å². The number of pyridine rings is 2. The summed E-state index contributed by atoms with van der Waals surface area (Å²) in [5.41, 5.74) is 5.03. The molecule has 62 heavy (non-hydrogen) atoms. The molecule has 0 radical (unpaired) electrons. The molecule has 8 nitrogen and oxygen atoms in total. The van der Waals surface area contributed by atoms with Crippen LogP contribution in [0.5, 0.6) is 0 Å². The summed E-state index contributed by atoms with van der Waals surface area (Å²) in [6.07, 6.45) is 18.8. The van der Waals surface area contributed by atoms with Gasteiger partial charge in [0, 0.05) is 53.8 Å². The Kier molecular flexibility index (Phi) is 13.2. The van der Waals surface area contributed by atoms with Crippen molar-refractivity contribution in [1.82, 2.24) is 19.8 Å². The summed E-state index contributed by atoms with van der Waals surface area (Å²) in [7, 11) is 0. The number of nitrogens with zero attached hydrogens (tertiary/aromatic N) is 4. The van der Waals surface area contributed by atoms with Gasteiger partial charge in [0.05, 0.1) is 29.5 Å². The normalized spacial score (nSPS) is 27.5. The average molecular weight is 831 g/mol. The molecule has 8 heterocycles. The van der Waals surface area contributed by atoms with E-state index in [9.17, 15) is 9.59 Å². The average Bonchev–Trinajstić information content (AvgIpc) is 3.86. The Labute approximate surface area is 367 Å². The van der Waals surface area contributed by atoms with Crippen LogP contribution < -0.4 is 0 Å². The molecule has 3 aromatic carbocycles. The minimum atomic E-state index is -0.308. The monoisotopic (exact) mass is 830 g/mol. The van der Waals surface area contributed by atoms with E-state index in [0.29, 0.717) is 36.0 Å². The molecule has 0 amide bonds. The summed E-state index contributed by atoms with van der Waals surface area (Å²) in [5.74, 6) is 2.81. The zero-order valence-corrected chi connectivity index (χ0v) is 36.1. The van der Waals surface area contributed by atoms with Crippen molar-refractivity contribution in [2.24, 2.45) is 29.6 Å². The summed E-state index contributed by atoms with van der Waals surface area (Å²) >= 11 is 0. The quantitative estimate of drug-likeness (QED) is 0.0857. The van der Waals surface area contributed by atoms with E-state index in [1.54, 1.807) is 0 Å². The lowest BCUT2D eigenvalue weighted by molar-refractivity contribution is -0.158. The van der Waals surface area contributed by atoms with Gasteiger partial charge in [0.25, 0.3) is 0 Å². The minimum Gasteiger partial charge on any atom is -0.456 e. The highest BCUT2D eigenvalue weighted by atomic mass is 16.5. The number of para-hydroxylation sites is 2. The minimum absolute atomic E-state index is 0.0410. The predicted molar refractivity (Wildman–Crippen MR) is 246 cm³/mol. The fourth-order valence-corrected chi connectivity index (χ4v) is 11.6. The Morgan fingerprint density at radius 3 is 1.65 bits per heavy atom. The summed E-state index contributed by atoms with van der Waals surface area (Å²) in [6, 6.07) is 30.7. The first kappa shape index (κ1) is 42.1. The van der Waals surface area contributed by atoms with Gasteiger partial charge in [-0.3, -0.25) is 29.4 Å². The molecule has 1 saturated carbocycles. The zero-order chi connectivity index (χ0) is 42.4. The van der Waals surface area contributed by atoms with Crippen molar-refractivity contribution in [3.63, 3.8) is 0 Å². The van der Waals surface area contributed by atoms with Crippen molar-refractivity contribution >= 4 is 33.7 Å². The number of piperidine rings is 6. The van der Waals surface area contributed by atoms with E-state index in [-0.39, 0.29) is 42.7 Å². The molecule has 6 saturated heterocycles. The number of carbonyl (C=O) groups is 2. The van der Waals surface area contributed by atoms with Gasteiger partial charge in [-0.05, 0) is 105 Å². The molecule has 2 aromatic heterocycles. The van der Waals surface area contributed by atoms with Gasteiger partial charge in [0.2, 0.25) is 0 Å². The van der Waals surface area contributed by atoms with E-state index in [1.165, 1.54) is 38.5 Å². The van der Waals surface area contributed by atoms with E-state index in [4.69, 9.17) is 9.47 Å². The Morgan fingerprint density at radius 2 is 1.15 bits per heavy atom. The SMILES string of the molecule is C=CC1CN2CC[C@H]1CC2C(OC(=O)CCC1CCCC1)c1ccnc2ccccc12.C=CC1CN2CC[C@H]1CC2C(OC(=O)Cc1ccccc1)c1ccnc2ccccc12. The molecule has 1 aliphatic carbocycles. The first-order valence-electron chi connectivity index (χ1n) is 23.3. The highest BCUT2D eigenvalue weighted by Crippen LogP contribution is 2.45. The van der Waals surface area contributed by atoms with Crippen LogP contribution in [0.15, 0.2) is 129 Å². The summed E-state index contributed by atoms with van der Waals surface area (Å²) in [5, 5.41) is 2.16. The number of hydrogen-bond acceptors (Lipinski definition) is 8. The van der Waals surface area contributed by atoms with Gasteiger partial charge in [0.15, 0.2) is 0 Å². The molecular formula is C54H62N4O4. The third kappa shape index (κ3) is 9.28. The molecule has 12 rings (SSSR count). The van der Waals surface area contributed by atoms with Crippen LogP contribution in [-0.4, -0.2) is 70.0 Å². The second kappa shape index (κ2) is 19.5. The number of carbonyl (C=O) groups excluding carboxylic acids is 2. The van der Waals surface area contributed by atoms with Crippen molar-refractivity contribution in [3.05, 3.63) is 145 Å². The van der Waals surface area contributed by atoms with Crippen molar-refractivity contribution in [2.75, 3.05) is 26.2 Å². The van der Waals surface area contributed by atoms with Gasteiger partial charge < -0.3 is 9.47 Å². The number of rotatable bonds is 13. The highest BCUT2D eigenvalue weighted by Gasteiger charge is 2.45. The van der Waals surface area contributed by atoms with Crippen LogP contribution >= 0.6 is 0 Å². The Hall–Kier alpha value is -5.18. The van der Waals surface area contributed by atoms with Crippen molar-refractivity contribution < 1.29 is 19.1 Å². The zero-order valence-electron chi connectivity index (χ0n) is 36.1. The molecule has 8 unspecified atom stereocenters. The van der Waals surface area contributed by atoms with E-state index < -0.39 is 0 Å². The van der Waals surface area contributed by atoms with E-state index in [1.807, 2.05) is 85.2 Å². The smallest absolute Gasteiger partial charge is 0.310 e. The fourth-order valence-electron chi connectivity index (χ4n) is 11.6. The molecule has 5 aromatic rings. The van der Waals surface area contributed by atoms with Gasteiger partial charge in [-0.2, -0.15) is 0 Å². The standard InChI is InChI=1S/C27H34N2O2.C27H28N2O2/c1-2-20-18-29-16-14-21(20)17-25(29)27(31-26(30)12-11-19-7-3-4-8-19)23-13-15-28-24-10-6-5-9-22(23)24;1-2-20-18-29-15-13-21(20)17-25(29)27(31-26(30)16-19-8-4-3-5-9-19)23-12-14-28-24-11-7-6-10-22(23)24/h2,5-6,9-10,13,15,19-21,25,27H,1,3-4,7-8,11-12,14,16-18H2;2-12,14,20-21,25,27H,1,13,15-18H2/t2*20?,21-,25?,27?/m00/s1. The third-order valence-corrected chi connectivity index (χ3v) is 14.9. The maximum absolute atomic E-state index is 13.0. The number of aromatic nitrogens is 2. The second-order valence-corrected chi connectivity index (χ2v) is 18.5. The highest BCUT2D eigenvalue weighted by molar-refractivity contribution is 5.84. The predicted octanol–water partition coefficient (Wildman–Crippen LogP) is 10.6. The largest absolute Gasteiger partial charge is 0.456 e. The van der Waals surface area contributed by atoms with Crippen LogP contribution in [-0.2, 0) is 25.5 Å². The van der Waals surface area contributed by atoms with Crippen LogP contribution in [0.2, 0.25) is 0 Å². The van der Waals surface area contributed by atoms with E-state index in [0.717, 1.165) is 83.9 Å². The van der Waals surface area contributed by atoms with E-state index in [2.05, 4.69) is 63.3 Å². The molecule has 10 atom stereocenters. The van der Waals surface area contributed by atoms with Gasteiger partial charge in [-0.25, -0.2) is 0 Å². The lowest BCUT2D eigenvalue weighted by Gasteiger charge is -2.51. The number of hydrogen-bond donors (Lipinski definition) is 0. The summed E-state index contributed by atoms with van der Waals surface area (Å²) in [6.45, 7) is 12.3. The Morgan fingerprint density at radius 1 is 0.645 bits per heavy atom. The van der Waals surface area contributed by atoms with Crippen LogP contribution in [0.4, 0.5) is 0 Å². The molecule has 6 aliphatic heterocycles. The topological polar surface area (TPSA) is 84.9 Å². The Bertz CT molecular complexity index is 2330. The van der Waals surface area contributed by atoms with Crippen molar-refractivity contribution in [2.45, 2.75) is 94.9 Å². The first-order valence-corrected chi connectivity index (χ1v) is 23.3. The Balaban J connectivity index is 0.000000158. The molecule has 0 spiro atoms. The van der Waals surface area contributed by atoms with Crippen molar-refractivity contribution in [3.8, 4) is 0 Å². The second-order valence-electron chi connectivity index (χ2n) is 18.5. The molecule has 322 valence electrons. The van der Waals surface area contributed by atoms with Crippen molar-refractivity contribution in [1.29, 1.82) is 0 Å². The van der Waals surface area contributed by atoms with Gasteiger partial charge in [-0.1, -0.05) is 105 Å². The first-order chi connectivity index (χ1) is 30.4. The molecule has 7 fully saturated rings. The summed E-state index contributed by atoms with van der Waals surface area (Å²) in [4.78, 5) is 40.2. The lowest BCUT2D eigenvalue weighted by atomic mass is 9.73. The van der Waals surface area contributed by atoms with Gasteiger partial charge >= 0.3 is 11.9 Å². The maximum Gasteiger partial charge on any atom is 0.310 e. The molecule has 0 N–H and O–H groups in total. The third-order valence-electron chi connectivity index (χ3n) is 14.9. The fraction of sp³-hybridized carbons (Fsp3) is 0.444. The van der Waals surface area contributed by atoms with Gasteiger partial charge in [-0.15, -0.1) is 13.2 Å². The summed E-state index contributed by atoms with van der Waals surface area (Å²) < 4.78 is 12.6. The molecule has 4 bridgehead atoms. The number of benzene rings is 3. The number of ether oxygens (including phenoxy) is 2. The van der Waals surface area contributed by atoms with Crippen LogP contribution in [0.25, 0.3) is 21.8 Å². The molecular weight excluding hydrogens is 769 g/mol. The van der Waals surface area contributed by atoms with Gasteiger partial charge in [0.1, 0.15) is 12.2 Å². The van der Waals surface area contributed by atoms with Crippen LogP contribution in [0, 0.1) is 29.6 Å². The maximum atomic E-state index is 13.0. The van der Waals surface area contributed by atoms with Crippen LogP contribution in [0.3, 0.4) is 0 Å². The number of fused-ring (bicyclic) bond motifs is 8.